The number of anilines is 2. The number of benzene rings is 2. The Kier molecular flexibility index (Phi) is 5.88. The van der Waals surface area contributed by atoms with Crippen LogP contribution in [0.4, 0.5) is 15.9 Å². The number of fused-ring (bicyclic) bond motifs is 2. The molecule has 3 heterocycles. The maximum atomic E-state index is 14.0. The van der Waals surface area contributed by atoms with Gasteiger partial charge in [-0.2, -0.15) is 0 Å². The number of hydrogen-bond donors (Lipinski definition) is 3. The lowest BCUT2D eigenvalue weighted by Crippen LogP contribution is -2.44. The minimum atomic E-state index is -0.671. The first-order chi connectivity index (χ1) is 16.3. The number of carbonyl (C=O) groups excluding carboxylic acids is 1. The molecular formula is C25H23Cl2FN4O2. The third kappa shape index (κ3) is 3.78. The van der Waals surface area contributed by atoms with Crippen molar-refractivity contribution < 1.29 is 13.9 Å². The van der Waals surface area contributed by atoms with E-state index in [1.54, 1.807) is 19.2 Å². The van der Waals surface area contributed by atoms with Gasteiger partial charge in [0, 0.05) is 28.0 Å². The van der Waals surface area contributed by atoms with Crippen LogP contribution in [0.2, 0.25) is 10.0 Å². The van der Waals surface area contributed by atoms with Crippen molar-refractivity contribution >= 4 is 40.6 Å². The number of aromatic nitrogens is 1. The van der Waals surface area contributed by atoms with Crippen molar-refractivity contribution in [2.24, 2.45) is 0 Å². The van der Waals surface area contributed by atoms with Gasteiger partial charge in [-0.3, -0.25) is 4.79 Å². The van der Waals surface area contributed by atoms with Crippen molar-refractivity contribution in [3.63, 3.8) is 0 Å². The van der Waals surface area contributed by atoms with Gasteiger partial charge >= 0.3 is 0 Å². The number of pyridine rings is 1. The molecule has 34 heavy (non-hydrogen) atoms. The molecule has 1 fully saturated rings. The summed E-state index contributed by atoms with van der Waals surface area (Å²) in [5, 5.41) is 6.57. The molecular weight excluding hydrogens is 478 g/mol. The van der Waals surface area contributed by atoms with E-state index in [2.05, 4.69) is 15.6 Å². The van der Waals surface area contributed by atoms with Gasteiger partial charge in [-0.1, -0.05) is 29.3 Å². The minimum Gasteiger partial charge on any atom is -0.482 e. The van der Waals surface area contributed by atoms with Crippen molar-refractivity contribution in [3.8, 4) is 16.9 Å². The summed E-state index contributed by atoms with van der Waals surface area (Å²) >= 11 is 12.4. The van der Waals surface area contributed by atoms with E-state index < -0.39 is 17.3 Å². The van der Waals surface area contributed by atoms with Crippen LogP contribution in [0.15, 0.2) is 42.6 Å². The number of nitrogens with two attached hydrogens (primary N) is 1. The average Bonchev–Trinajstić information content (AvgIpc) is 3.09. The van der Waals surface area contributed by atoms with Crippen molar-refractivity contribution in [3.05, 3.63) is 69.6 Å². The van der Waals surface area contributed by atoms with Gasteiger partial charge in [0.1, 0.15) is 11.9 Å². The van der Waals surface area contributed by atoms with Crippen molar-refractivity contribution in [1.82, 2.24) is 10.3 Å². The van der Waals surface area contributed by atoms with Crippen LogP contribution in [0.25, 0.3) is 11.1 Å². The SMILES string of the molecule is C[C@@H](Oc1cc(-c2ccc3c(c2)C2(CCNCC2)C(=O)N3)cnc1N)c1c(Cl)ccc(F)c1Cl. The summed E-state index contributed by atoms with van der Waals surface area (Å²) < 4.78 is 20.0. The zero-order valence-electron chi connectivity index (χ0n) is 18.4. The number of nitrogen functional groups attached to an aromatic ring is 1. The van der Waals surface area contributed by atoms with Crippen LogP contribution in [0.1, 0.15) is 37.0 Å². The van der Waals surface area contributed by atoms with Crippen LogP contribution in [-0.2, 0) is 10.2 Å². The fourth-order valence-electron chi connectivity index (χ4n) is 4.82. The Morgan fingerprint density at radius 3 is 2.68 bits per heavy atom. The molecule has 0 aliphatic carbocycles. The first kappa shape index (κ1) is 22.9. The second kappa shape index (κ2) is 8.73. The molecule has 1 aromatic heterocycles. The molecule has 2 aromatic carbocycles. The lowest BCUT2D eigenvalue weighted by molar-refractivity contribution is -0.121. The molecule has 0 radical (unpaired) electrons. The van der Waals surface area contributed by atoms with Crippen LogP contribution in [0.5, 0.6) is 5.75 Å². The number of rotatable bonds is 4. The van der Waals surface area contributed by atoms with Crippen molar-refractivity contribution in [2.45, 2.75) is 31.3 Å². The van der Waals surface area contributed by atoms with E-state index in [-0.39, 0.29) is 16.7 Å². The van der Waals surface area contributed by atoms with Gasteiger partial charge in [0.05, 0.1) is 10.4 Å². The normalized spacial score (nSPS) is 17.4. The summed E-state index contributed by atoms with van der Waals surface area (Å²) in [5.41, 5.74) is 9.42. The van der Waals surface area contributed by atoms with Gasteiger partial charge in [-0.05, 0) is 74.3 Å². The minimum absolute atomic E-state index is 0.0540. The summed E-state index contributed by atoms with van der Waals surface area (Å²) in [6, 6.07) is 10.3. The monoisotopic (exact) mass is 500 g/mol. The molecule has 1 saturated heterocycles. The highest BCUT2D eigenvalue weighted by molar-refractivity contribution is 6.36. The Morgan fingerprint density at radius 2 is 1.91 bits per heavy atom. The summed E-state index contributed by atoms with van der Waals surface area (Å²) in [6.07, 6.45) is 2.48. The van der Waals surface area contributed by atoms with Gasteiger partial charge in [0.25, 0.3) is 0 Å². The molecule has 176 valence electrons. The molecule has 1 amide bonds. The van der Waals surface area contributed by atoms with Crippen LogP contribution in [0.3, 0.4) is 0 Å². The van der Waals surface area contributed by atoms with Gasteiger partial charge in [0.15, 0.2) is 11.6 Å². The quantitative estimate of drug-likeness (QED) is 0.412. The number of amides is 1. The summed E-state index contributed by atoms with van der Waals surface area (Å²) in [6.45, 7) is 3.30. The zero-order chi connectivity index (χ0) is 24.0. The summed E-state index contributed by atoms with van der Waals surface area (Å²) in [7, 11) is 0. The number of halogens is 3. The predicted octanol–water partition coefficient (Wildman–Crippen LogP) is 5.49. The molecule has 6 nitrogen and oxygen atoms in total. The third-order valence-electron chi connectivity index (χ3n) is 6.68. The van der Waals surface area contributed by atoms with Gasteiger partial charge in [-0.15, -0.1) is 0 Å². The van der Waals surface area contributed by atoms with Gasteiger partial charge in [-0.25, -0.2) is 9.37 Å². The zero-order valence-corrected chi connectivity index (χ0v) is 19.9. The Hall–Kier alpha value is -2.87. The molecule has 1 spiro atoms. The van der Waals surface area contributed by atoms with E-state index in [0.29, 0.717) is 16.3 Å². The lowest BCUT2D eigenvalue weighted by atomic mass is 9.73. The summed E-state index contributed by atoms with van der Waals surface area (Å²) in [4.78, 5) is 17.2. The maximum absolute atomic E-state index is 14.0. The second-order valence-corrected chi connectivity index (χ2v) is 9.46. The van der Waals surface area contributed by atoms with Gasteiger partial charge < -0.3 is 21.1 Å². The Labute approximate surface area is 206 Å². The van der Waals surface area contributed by atoms with E-state index in [1.807, 2.05) is 18.2 Å². The molecule has 4 N–H and O–H groups in total. The van der Waals surface area contributed by atoms with E-state index in [9.17, 15) is 9.18 Å². The molecule has 1 atom stereocenters. The average molecular weight is 501 g/mol. The number of carbonyl (C=O) groups is 1. The number of nitrogens with zero attached hydrogens (tertiary/aromatic N) is 1. The van der Waals surface area contributed by atoms with E-state index >= 15 is 0 Å². The first-order valence-corrected chi connectivity index (χ1v) is 11.8. The highest BCUT2D eigenvalue weighted by Gasteiger charge is 2.47. The first-order valence-electron chi connectivity index (χ1n) is 11.0. The fraction of sp³-hybridized carbons (Fsp3) is 0.280. The van der Waals surface area contributed by atoms with E-state index in [4.69, 9.17) is 33.7 Å². The molecule has 0 saturated carbocycles. The van der Waals surface area contributed by atoms with Crippen LogP contribution in [0, 0.1) is 5.82 Å². The third-order valence-corrected chi connectivity index (χ3v) is 7.39. The van der Waals surface area contributed by atoms with E-state index in [1.165, 1.54) is 12.1 Å². The maximum Gasteiger partial charge on any atom is 0.235 e. The Morgan fingerprint density at radius 1 is 1.15 bits per heavy atom. The van der Waals surface area contributed by atoms with Crippen molar-refractivity contribution in [2.75, 3.05) is 24.1 Å². The second-order valence-electron chi connectivity index (χ2n) is 8.67. The number of ether oxygens (including phenoxy) is 1. The molecule has 9 heteroatoms. The smallest absolute Gasteiger partial charge is 0.235 e. The van der Waals surface area contributed by atoms with Crippen molar-refractivity contribution in [1.29, 1.82) is 0 Å². The Balaban J connectivity index is 1.49. The summed E-state index contributed by atoms with van der Waals surface area (Å²) in [5.74, 6) is -0.0115. The van der Waals surface area contributed by atoms with Gasteiger partial charge in [0.2, 0.25) is 5.91 Å². The molecule has 2 aliphatic rings. The highest BCUT2D eigenvalue weighted by atomic mass is 35.5. The predicted molar refractivity (Wildman–Crippen MR) is 132 cm³/mol. The number of piperidine rings is 1. The van der Waals surface area contributed by atoms with E-state index in [0.717, 1.165) is 48.3 Å². The molecule has 5 rings (SSSR count). The molecule has 2 aliphatic heterocycles. The largest absolute Gasteiger partial charge is 0.482 e. The topological polar surface area (TPSA) is 89.3 Å². The number of nitrogens with one attached hydrogen (secondary N) is 2. The van der Waals surface area contributed by atoms with Crippen LogP contribution >= 0.6 is 23.2 Å². The molecule has 0 unspecified atom stereocenters. The standard InChI is InChI=1S/C25H23Cl2FN4O2/c1-13(21-17(26)3-4-18(28)22(21)27)34-20-11-15(12-31-23(20)29)14-2-5-19-16(10-14)25(24(33)32-19)6-8-30-9-7-25/h2-5,10-13,30H,6-9H2,1H3,(H2,29,31)(H,32,33)/t13-/m1/s1. The van der Waals surface area contributed by atoms with Crippen LogP contribution in [-0.4, -0.2) is 24.0 Å². The van der Waals surface area contributed by atoms with Crippen LogP contribution < -0.4 is 21.1 Å². The molecule has 0 bridgehead atoms. The fourth-order valence-corrected chi connectivity index (χ4v) is 5.49. The number of hydrogen-bond acceptors (Lipinski definition) is 5. The lowest BCUT2D eigenvalue weighted by Gasteiger charge is -2.32. The highest BCUT2D eigenvalue weighted by Crippen LogP contribution is 2.45. The molecule has 3 aromatic rings. The Bertz CT molecular complexity index is 1290.